The van der Waals surface area contributed by atoms with Gasteiger partial charge in [0.15, 0.2) is 0 Å². The maximum atomic E-state index is 12.4. The zero-order valence-corrected chi connectivity index (χ0v) is 14.1. The third-order valence-corrected chi connectivity index (χ3v) is 4.70. The molecular formula is C19H20N4O2. The van der Waals surface area contributed by atoms with Crippen molar-refractivity contribution in [2.75, 3.05) is 18.8 Å². The average molecular weight is 336 g/mol. The fourth-order valence-electron chi connectivity index (χ4n) is 3.12. The predicted molar refractivity (Wildman–Crippen MR) is 96.0 cm³/mol. The molecule has 1 amide bonds. The number of likely N-dealkylation sites (tertiary alicyclic amines) is 1. The van der Waals surface area contributed by atoms with E-state index in [1.165, 1.54) is 27.2 Å². The number of anilines is 1. The van der Waals surface area contributed by atoms with E-state index in [4.69, 9.17) is 10.5 Å². The van der Waals surface area contributed by atoms with Gasteiger partial charge in [0.2, 0.25) is 0 Å². The minimum Gasteiger partial charge on any atom is -0.383 e. The molecule has 1 aromatic heterocycles. The number of nitrogens with two attached hydrogens (primary N) is 1. The molecule has 1 saturated heterocycles. The second-order valence-electron chi connectivity index (χ2n) is 6.35. The first-order valence-electron chi connectivity index (χ1n) is 8.28. The molecule has 0 saturated carbocycles. The Morgan fingerprint density at radius 2 is 2.00 bits per heavy atom. The van der Waals surface area contributed by atoms with Crippen LogP contribution in [0.5, 0.6) is 0 Å². The molecule has 0 spiro atoms. The van der Waals surface area contributed by atoms with Crippen LogP contribution in [0.1, 0.15) is 15.9 Å². The first-order valence-corrected chi connectivity index (χ1v) is 8.28. The first-order chi connectivity index (χ1) is 12.1. The highest BCUT2D eigenvalue weighted by atomic mass is 16.5. The Hall–Kier alpha value is -2.86. The molecule has 1 fully saturated rings. The van der Waals surface area contributed by atoms with Crippen molar-refractivity contribution in [1.82, 2.24) is 14.7 Å². The maximum Gasteiger partial charge on any atom is 0.259 e. The van der Waals surface area contributed by atoms with Crippen LogP contribution in [-0.2, 0) is 18.4 Å². The number of nitrogen functional groups attached to an aromatic ring is 1. The van der Waals surface area contributed by atoms with Gasteiger partial charge in [-0.05, 0) is 16.3 Å². The molecule has 4 rings (SSSR count). The summed E-state index contributed by atoms with van der Waals surface area (Å²) in [5.41, 5.74) is 7.48. The van der Waals surface area contributed by atoms with Gasteiger partial charge in [0.05, 0.1) is 18.9 Å². The van der Waals surface area contributed by atoms with Crippen molar-refractivity contribution in [3.05, 3.63) is 59.8 Å². The number of hydrogen-bond donors (Lipinski definition) is 1. The summed E-state index contributed by atoms with van der Waals surface area (Å²) < 4.78 is 7.48. The van der Waals surface area contributed by atoms with E-state index in [1.807, 2.05) is 18.2 Å². The Bertz CT molecular complexity index is 923. The van der Waals surface area contributed by atoms with Crippen LogP contribution in [0.4, 0.5) is 5.82 Å². The average Bonchev–Trinajstić information content (AvgIpc) is 2.92. The Morgan fingerprint density at radius 3 is 2.76 bits per heavy atom. The smallest absolute Gasteiger partial charge is 0.259 e. The molecule has 6 heteroatoms. The van der Waals surface area contributed by atoms with Crippen molar-refractivity contribution in [3.8, 4) is 0 Å². The summed E-state index contributed by atoms with van der Waals surface area (Å²) in [7, 11) is 1.72. The number of hydrogen-bond acceptors (Lipinski definition) is 4. The summed E-state index contributed by atoms with van der Waals surface area (Å²) >= 11 is 0. The van der Waals surface area contributed by atoms with Crippen molar-refractivity contribution in [1.29, 1.82) is 0 Å². The number of carbonyl (C=O) groups excluding carboxylic acids is 1. The largest absolute Gasteiger partial charge is 0.383 e. The highest BCUT2D eigenvalue weighted by Gasteiger charge is 2.33. The normalized spacial score (nSPS) is 14.7. The number of amides is 1. The third-order valence-electron chi connectivity index (χ3n) is 4.70. The van der Waals surface area contributed by atoms with Crippen LogP contribution >= 0.6 is 0 Å². The van der Waals surface area contributed by atoms with Crippen LogP contribution < -0.4 is 5.73 Å². The minimum absolute atomic E-state index is 0.0563. The molecule has 2 heterocycles. The quantitative estimate of drug-likeness (QED) is 0.793. The number of aryl methyl sites for hydroxylation is 1. The van der Waals surface area contributed by atoms with E-state index < -0.39 is 0 Å². The zero-order chi connectivity index (χ0) is 17.4. The number of aromatic nitrogens is 2. The van der Waals surface area contributed by atoms with E-state index in [-0.39, 0.29) is 12.0 Å². The van der Waals surface area contributed by atoms with Crippen molar-refractivity contribution in [3.63, 3.8) is 0 Å². The summed E-state index contributed by atoms with van der Waals surface area (Å²) in [4.78, 5) is 14.1. The fourth-order valence-corrected chi connectivity index (χ4v) is 3.12. The Kier molecular flexibility index (Phi) is 3.89. The SMILES string of the molecule is Cn1ncc(C(=O)N2CC(OCc3cccc4ccccc34)C2)c1N. The lowest BCUT2D eigenvalue weighted by Crippen LogP contribution is -2.54. The summed E-state index contributed by atoms with van der Waals surface area (Å²) in [5, 5.41) is 6.43. The summed E-state index contributed by atoms with van der Waals surface area (Å²) in [5.74, 6) is 0.306. The van der Waals surface area contributed by atoms with E-state index in [0.29, 0.717) is 31.1 Å². The summed E-state index contributed by atoms with van der Waals surface area (Å²) in [6.45, 7) is 1.71. The van der Waals surface area contributed by atoms with Crippen LogP contribution in [-0.4, -0.2) is 39.8 Å². The monoisotopic (exact) mass is 336 g/mol. The summed E-state index contributed by atoms with van der Waals surface area (Å²) in [6, 6.07) is 14.5. The lowest BCUT2D eigenvalue weighted by atomic mass is 10.0. The molecule has 0 bridgehead atoms. The molecule has 0 radical (unpaired) electrons. The van der Waals surface area contributed by atoms with Gasteiger partial charge in [0, 0.05) is 20.1 Å². The number of fused-ring (bicyclic) bond motifs is 1. The standard InChI is InChI=1S/C19H20N4O2/c1-22-18(20)17(9-21-22)19(24)23-10-15(11-23)25-12-14-7-4-6-13-5-2-3-8-16(13)14/h2-9,15H,10-12,20H2,1H3. The van der Waals surface area contributed by atoms with Crippen LogP contribution in [0.15, 0.2) is 48.7 Å². The number of nitrogens with zero attached hydrogens (tertiary/aromatic N) is 3. The van der Waals surface area contributed by atoms with Gasteiger partial charge in [-0.3, -0.25) is 9.48 Å². The molecule has 1 aliphatic rings. The molecule has 25 heavy (non-hydrogen) atoms. The molecule has 6 nitrogen and oxygen atoms in total. The van der Waals surface area contributed by atoms with Crippen LogP contribution in [0.3, 0.4) is 0 Å². The van der Waals surface area contributed by atoms with Crippen LogP contribution in [0.25, 0.3) is 10.8 Å². The van der Waals surface area contributed by atoms with Gasteiger partial charge in [0.25, 0.3) is 5.91 Å². The van der Waals surface area contributed by atoms with Gasteiger partial charge in [-0.25, -0.2) is 0 Å². The second-order valence-corrected chi connectivity index (χ2v) is 6.35. The highest BCUT2D eigenvalue weighted by Crippen LogP contribution is 2.23. The molecule has 0 atom stereocenters. The molecule has 128 valence electrons. The van der Waals surface area contributed by atoms with Gasteiger partial charge >= 0.3 is 0 Å². The number of benzene rings is 2. The fraction of sp³-hybridized carbons (Fsp3) is 0.263. The van der Waals surface area contributed by atoms with Crippen molar-refractivity contribution >= 4 is 22.5 Å². The van der Waals surface area contributed by atoms with E-state index in [2.05, 4.69) is 29.4 Å². The van der Waals surface area contributed by atoms with Gasteiger partial charge in [-0.15, -0.1) is 0 Å². The topological polar surface area (TPSA) is 73.4 Å². The van der Waals surface area contributed by atoms with E-state index in [9.17, 15) is 4.79 Å². The van der Waals surface area contributed by atoms with Crippen LogP contribution in [0, 0.1) is 0 Å². The van der Waals surface area contributed by atoms with Gasteiger partial charge in [-0.2, -0.15) is 5.10 Å². The van der Waals surface area contributed by atoms with E-state index in [1.54, 1.807) is 11.9 Å². The molecule has 1 aliphatic heterocycles. The second kappa shape index (κ2) is 6.22. The minimum atomic E-state index is -0.0874. The molecule has 3 aromatic rings. The lowest BCUT2D eigenvalue weighted by molar-refractivity contribution is -0.0499. The number of carbonyl (C=O) groups is 1. The molecule has 0 unspecified atom stereocenters. The van der Waals surface area contributed by atoms with E-state index in [0.717, 1.165) is 0 Å². The van der Waals surface area contributed by atoms with Crippen molar-refractivity contribution in [2.24, 2.45) is 7.05 Å². The van der Waals surface area contributed by atoms with Gasteiger partial charge in [0.1, 0.15) is 11.4 Å². The predicted octanol–water partition coefficient (Wildman–Crippen LogP) is 2.20. The van der Waals surface area contributed by atoms with Crippen LogP contribution in [0.2, 0.25) is 0 Å². The lowest BCUT2D eigenvalue weighted by Gasteiger charge is -2.38. The maximum absolute atomic E-state index is 12.4. The number of ether oxygens (including phenoxy) is 1. The summed E-state index contributed by atoms with van der Waals surface area (Å²) in [6.07, 6.45) is 1.57. The molecule has 0 aliphatic carbocycles. The first kappa shape index (κ1) is 15.7. The molecule has 2 N–H and O–H groups in total. The Labute approximate surface area is 145 Å². The number of rotatable bonds is 4. The Morgan fingerprint density at radius 1 is 1.24 bits per heavy atom. The molecule has 2 aromatic carbocycles. The zero-order valence-electron chi connectivity index (χ0n) is 14.1. The molecular weight excluding hydrogens is 316 g/mol. The van der Waals surface area contributed by atoms with Gasteiger partial charge in [-0.1, -0.05) is 42.5 Å². The highest BCUT2D eigenvalue weighted by molar-refractivity contribution is 5.98. The third kappa shape index (κ3) is 2.85. The van der Waals surface area contributed by atoms with Crippen molar-refractivity contribution < 1.29 is 9.53 Å². The van der Waals surface area contributed by atoms with E-state index >= 15 is 0 Å². The van der Waals surface area contributed by atoms with Gasteiger partial charge < -0.3 is 15.4 Å². The van der Waals surface area contributed by atoms with Crippen molar-refractivity contribution in [2.45, 2.75) is 12.7 Å². The Balaban J connectivity index is 1.36.